The van der Waals surface area contributed by atoms with Gasteiger partial charge in [0.1, 0.15) is 11.4 Å². The van der Waals surface area contributed by atoms with Gasteiger partial charge in [0.25, 0.3) is 10.0 Å². The van der Waals surface area contributed by atoms with Crippen LogP contribution in [0.15, 0.2) is 47.4 Å². The highest BCUT2D eigenvalue weighted by Gasteiger charge is 2.28. The van der Waals surface area contributed by atoms with Gasteiger partial charge < -0.3 is 9.84 Å². The van der Waals surface area contributed by atoms with Crippen LogP contribution in [0.5, 0.6) is 5.75 Å². The molecule has 0 saturated heterocycles. The molecule has 0 unspecified atom stereocenters. The molecule has 0 bridgehead atoms. The molecule has 6 nitrogen and oxygen atoms in total. The molecule has 0 atom stereocenters. The first kappa shape index (κ1) is 17.3. The third-order valence-corrected chi connectivity index (χ3v) is 5.81. The summed E-state index contributed by atoms with van der Waals surface area (Å²) >= 11 is 6.22. The minimum atomic E-state index is -4.15. The van der Waals surface area contributed by atoms with Gasteiger partial charge in [0.15, 0.2) is 0 Å². The second-order valence-corrected chi connectivity index (χ2v) is 7.66. The molecule has 3 rings (SSSR count). The molecule has 3 aromatic rings. The SMILES string of the molecule is COc1cc(Cl)c2c(c1)cc(C(=O)O)n2S(=O)(=O)c1ccc(C)cc1. The Labute approximate surface area is 149 Å². The van der Waals surface area contributed by atoms with Gasteiger partial charge in [0.2, 0.25) is 0 Å². The minimum absolute atomic E-state index is 0.0232. The summed E-state index contributed by atoms with van der Waals surface area (Å²) in [5.74, 6) is -0.971. The number of aromatic carboxylic acids is 1. The van der Waals surface area contributed by atoms with Crippen molar-refractivity contribution in [3.63, 3.8) is 0 Å². The third-order valence-electron chi connectivity index (χ3n) is 3.79. The number of aromatic nitrogens is 1. The molecule has 1 heterocycles. The number of methoxy groups -OCH3 is 1. The normalized spacial score (nSPS) is 11.6. The minimum Gasteiger partial charge on any atom is -0.497 e. The number of hydrogen-bond donors (Lipinski definition) is 1. The van der Waals surface area contributed by atoms with Gasteiger partial charge >= 0.3 is 5.97 Å². The van der Waals surface area contributed by atoms with E-state index in [0.717, 1.165) is 9.54 Å². The third kappa shape index (κ3) is 2.85. The highest BCUT2D eigenvalue weighted by molar-refractivity contribution is 7.90. The fourth-order valence-electron chi connectivity index (χ4n) is 2.58. The molecule has 0 aliphatic heterocycles. The number of nitrogens with zero attached hydrogens (tertiary/aromatic N) is 1. The van der Waals surface area contributed by atoms with Crippen LogP contribution in [-0.4, -0.2) is 30.6 Å². The average Bonchev–Trinajstić information content (AvgIpc) is 2.96. The summed E-state index contributed by atoms with van der Waals surface area (Å²) in [5.41, 5.74) is 0.587. The second-order valence-electron chi connectivity index (χ2n) is 5.46. The van der Waals surface area contributed by atoms with Crippen LogP contribution < -0.4 is 4.74 Å². The molecule has 0 saturated carbocycles. The number of hydrogen-bond acceptors (Lipinski definition) is 4. The molecule has 1 aromatic heterocycles. The van der Waals surface area contributed by atoms with E-state index in [1.165, 1.54) is 37.4 Å². The standard InChI is InChI=1S/C17H14ClNO5S/c1-10-3-5-13(6-4-10)25(22,23)19-15(17(20)21)8-11-7-12(24-2)9-14(18)16(11)19/h3-9H,1-2H3,(H,20,21). The van der Waals surface area contributed by atoms with Gasteiger partial charge in [0, 0.05) is 11.5 Å². The van der Waals surface area contributed by atoms with E-state index in [2.05, 4.69) is 0 Å². The highest BCUT2D eigenvalue weighted by atomic mass is 35.5. The van der Waals surface area contributed by atoms with Gasteiger partial charge in [-0.15, -0.1) is 0 Å². The fourth-order valence-corrected chi connectivity index (χ4v) is 4.45. The van der Waals surface area contributed by atoms with E-state index in [9.17, 15) is 18.3 Å². The summed E-state index contributed by atoms with van der Waals surface area (Å²) in [5, 5.41) is 9.92. The van der Waals surface area contributed by atoms with Gasteiger partial charge in [-0.1, -0.05) is 29.3 Å². The Balaban J connectivity index is 2.39. The fraction of sp³-hybridized carbons (Fsp3) is 0.118. The maximum atomic E-state index is 13.1. The zero-order valence-corrected chi connectivity index (χ0v) is 14.9. The van der Waals surface area contributed by atoms with Crippen molar-refractivity contribution < 1.29 is 23.1 Å². The van der Waals surface area contributed by atoms with Crippen LogP contribution in [0.4, 0.5) is 0 Å². The van der Waals surface area contributed by atoms with E-state index in [1.54, 1.807) is 12.1 Å². The Morgan fingerprint density at radius 3 is 2.36 bits per heavy atom. The topological polar surface area (TPSA) is 85.6 Å². The Bertz CT molecular complexity index is 1080. The molecule has 0 amide bonds. The zero-order valence-electron chi connectivity index (χ0n) is 13.4. The zero-order chi connectivity index (χ0) is 18.4. The van der Waals surface area contributed by atoms with E-state index in [0.29, 0.717) is 11.1 Å². The van der Waals surface area contributed by atoms with Gasteiger partial charge in [-0.25, -0.2) is 17.2 Å². The molecule has 0 fully saturated rings. The number of carboxylic acids is 1. The van der Waals surface area contributed by atoms with E-state index >= 15 is 0 Å². The molecule has 0 radical (unpaired) electrons. The molecule has 25 heavy (non-hydrogen) atoms. The molecule has 0 aliphatic rings. The van der Waals surface area contributed by atoms with Crippen molar-refractivity contribution >= 4 is 38.5 Å². The second kappa shape index (κ2) is 6.09. The molecule has 8 heteroatoms. The van der Waals surface area contributed by atoms with Crippen molar-refractivity contribution in [3.8, 4) is 5.75 Å². The molecule has 130 valence electrons. The lowest BCUT2D eigenvalue weighted by Gasteiger charge is -2.11. The summed E-state index contributed by atoms with van der Waals surface area (Å²) in [7, 11) is -2.71. The highest BCUT2D eigenvalue weighted by Crippen LogP contribution is 2.34. The van der Waals surface area contributed by atoms with Crippen LogP contribution in [0.1, 0.15) is 16.1 Å². The van der Waals surface area contributed by atoms with Crippen molar-refractivity contribution in [2.75, 3.05) is 7.11 Å². The number of benzene rings is 2. The average molecular weight is 380 g/mol. The first-order valence-corrected chi connectivity index (χ1v) is 9.02. The Morgan fingerprint density at radius 2 is 1.80 bits per heavy atom. The maximum Gasteiger partial charge on any atom is 0.353 e. The van der Waals surface area contributed by atoms with Crippen molar-refractivity contribution in [2.45, 2.75) is 11.8 Å². The Morgan fingerprint density at radius 1 is 1.16 bits per heavy atom. The van der Waals surface area contributed by atoms with Gasteiger partial charge in [-0.3, -0.25) is 0 Å². The predicted molar refractivity (Wildman–Crippen MR) is 94.2 cm³/mol. The smallest absolute Gasteiger partial charge is 0.353 e. The van der Waals surface area contributed by atoms with Crippen molar-refractivity contribution in [1.29, 1.82) is 0 Å². The summed E-state index contributed by atoms with van der Waals surface area (Å²) in [4.78, 5) is 11.6. The molecule has 0 aliphatic carbocycles. The molecule has 0 spiro atoms. The lowest BCUT2D eigenvalue weighted by Crippen LogP contribution is -2.18. The largest absolute Gasteiger partial charge is 0.497 e. The van der Waals surface area contributed by atoms with Crippen molar-refractivity contribution in [2.24, 2.45) is 0 Å². The van der Waals surface area contributed by atoms with Crippen molar-refractivity contribution in [3.05, 3.63) is 58.7 Å². The molecular weight excluding hydrogens is 366 g/mol. The summed E-state index contributed by atoms with van der Waals surface area (Å²) in [6.45, 7) is 1.83. The Kier molecular flexibility index (Phi) is 4.22. The first-order valence-electron chi connectivity index (χ1n) is 7.20. The van der Waals surface area contributed by atoms with E-state index in [1.807, 2.05) is 6.92 Å². The van der Waals surface area contributed by atoms with Gasteiger partial charge in [0.05, 0.1) is 22.5 Å². The van der Waals surface area contributed by atoms with Crippen LogP contribution in [0.2, 0.25) is 5.02 Å². The molecule has 1 N–H and O–H groups in total. The number of ether oxygens (including phenoxy) is 1. The van der Waals surface area contributed by atoms with E-state index in [4.69, 9.17) is 16.3 Å². The Hall–Kier alpha value is -2.51. The van der Waals surface area contributed by atoms with Crippen LogP contribution in [0.3, 0.4) is 0 Å². The number of halogens is 1. The monoisotopic (exact) mass is 379 g/mol. The summed E-state index contributed by atoms with van der Waals surface area (Å²) < 4.78 is 32.0. The number of carbonyl (C=O) groups is 1. The van der Waals surface area contributed by atoms with Gasteiger partial charge in [-0.05, 0) is 31.2 Å². The van der Waals surface area contributed by atoms with E-state index < -0.39 is 21.7 Å². The summed E-state index contributed by atoms with van der Waals surface area (Å²) in [6, 6.07) is 10.4. The van der Waals surface area contributed by atoms with Crippen LogP contribution in [-0.2, 0) is 10.0 Å². The lowest BCUT2D eigenvalue weighted by molar-refractivity contribution is 0.0689. The number of rotatable bonds is 4. The number of aryl methyl sites for hydroxylation is 1. The first-order chi connectivity index (χ1) is 11.8. The molecule has 2 aromatic carbocycles. The lowest BCUT2D eigenvalue weighted by atomic mass is 10.2. The van der Waals surface area contributed by atoms with Crippen LogP contribution >= 0.6 is 11.6 Å². The molecular formula is C17H14ClNO5S. The quantitative estimate of drug-likeness (QED) is 0.749. The predicted octanol–water partition coefficient (Wildman–Crippen LogP) is 3.55. The number of fused-ring (bicyclic) bond motifs is 1. The maximum absolute atomic E-state index is 13.1. The van der Waals surface area contributed by atoms with Crippen molar-refractivity contribution in [1.82, 2.24) is 3.97 Å². The summed E-state index contributed by atoms with van der Waals surface area (Å²) in [6.07, 6.45) is 0. The van der Waals surface area contributed by atoms with Crippen LogP contribution in [0, 0.1) is 6.92 Å². The van der Waals surface area contributed by atoms with E-state index in [-0.39, 0.29) is 15.4 Å². The number of carboxylic acid groups (broad SMARTS) is 1. The van der Waals surface area contributed by atoms with Crippen LogP contribution in [0.25, 0.3) is 10.9 Å². The van der Waals surface area contributed by atoms with Gasteiger partial charge in [-0.2, -0.15) is 0 Å².